The van der Waals surface area contributed by atoms with E-state index in [1.807, 2.05) is 36.4 Å². The van der Waals surface area contributed by atoms with Crippen molar-refractivity contribution in [3.63, 3.8) is 0 Å². The van der Waals surface area contributed by atoms with Crippen LogP contribution in [-0.2, 0) is 0 Å². The number of benzene rings is 1. The third kappa shape index (κ3) is 9.95. The van der Waals surface area contributed by atoms with Crippen LogP contribution in [0.15, 0.2) is 36.4 Å². The van der Waals surface area contributed by atoms with Crippen molar-refractivity contribution in [3.05, 3.63) is 36.4 Å². The van der Waals surface area contributed by atoms with Crippen molar-refractivity contribution >= 4 is 27.5 Å². The topological polar surface area (TPSA) is 20.2 Å². The van der Waals surface area contributed by atoms with E-state index in [-0.39, 0.29) is 0 Å². The number of aliphatic hydroxyl groups excluding tert-OH is 1. The molecule has 0 heterocycles. The molecule has 1 N–H and O–H groups in total. The lowest BCUT2D eigenvalue weighted by Gasteiger charge is -1.85. The van der Waals surface area contributed by atoms with Gasteiger partial charge in [-0.1, -0.05) is 63.9 Å². The summed E-state index contributed by atoms with van der Waals surface area (Å²) in [4.78, 5) is 0. The van der Waals surface area contributed by atoms with Crippen LogP contribution in [0, 0.1) is 0 Å². The van der Waals surface area contributed by atoms with Crippen molar-refractivity contribution in [3.8, 4) is 0 Å². The Balaban J connectivity index is 0.000000187. The monoisotopic (exact) mass is 236 g/mol. The van der Waals surface area contributed by atoms with E-state index in [4.69, 9.17) is 16.7 Å². The fourth-order valence-corrected chi connectivity index (χ4v) is 0.385. The van der Waals surface area contributed by atoms with Gasteiger partial charge < -0.3 is 5.11 Å². The summed E-state index contributed by atoms with van der Waals surface area (Å²) in [5, 5.41) is 8.52. The fourth-order valence-electron chi connectivity index (χ4n) is 0.385. The number of alkyl halides is 2. The minimum absolute atomic E-state index is 0.439. The maximum atomic E-state index is 8.08. The van der Waals surface area contributed by atoms with Crippen LogP contribution in [0.1, 0.15) is 0 Å². The van der Waals surface area contributed by atoms with Crippen LogP contribution in [0.3, 0.4) is 0 Å². The molecule has 0 saturated heterocycles. The van der Waals surface area contributed by atoms with E-state index in [1.165, 1.54) is 0 Å². The van der Waals surface area contributed by atoms with Gasteiger partial charge in [-0.2, -0.15) is 0 Å². The van der Waals surface area contributed by atoms with E-state index in [0.29, 0.717) is 5.33 Å². The molecule has 1 rings (SSSR count). The summed E-state index contributed by atoms with van der Waals surface area (Å²) in [5.74, 6) is 0. The number of hydrogen-bond acceptors (Lipinski definition) is 1. The van der Waals surface area contributed by atoms with Crippen LogP contribution in [0.25, 0.3) is 0 Å². The largest absolute Gasteiger partial charge is 0.377 e. The summed E-state index contributed by atoms with van der Waals surface area (Å²) in [6, 6.07) is 12.0. The lowest BCUT2D eigenvalue weighted by atomic mass is 10.4. The molecule has 1 aromatic rings. The highest BCUT2D eigenvalue weighted by Crippen LogP contribution is 1.92. The minimum atomic E-state index is -0.727. The van der Waals surface area contributed by atoms with Gasteiger partial charge in [-0.25, -0.2) is 0 Å². The van der Waals surface area contributed by atoms with Crippen LogP contribution < -0.4 is 0 Å². The molecule has 11 heavy (non-hydrogen) atoms. The highest BCUT2D eigenvalue weighted by molar-refractivity contribution is 9.09. The van der Waals surface area contributed by atoms with Crippen LogP contribution in [0.5, 0.6) is 0 Å². The smallest absolute Gasteiger partial charge is 0.137 e. The standard InChI is InChI=1S/C6H6.C2H4BrClO/c1-2-4-6-5-3-1;3-1-2(4)5/h1-6H;2,5H,1H2. The van der Waals surface area contributed by atoms with Gasteiger partial charge in [-0.3, -0.25) is 0 Å². The maximum Gasteiger partial charge on any atom is 0.137 e. The Morgan fingerprint density at radius 2 is 1.27 bits per heavy atom. The number of hydrogen-bond donors (Lipinski definition) is 1. The molecule has 0 saturated carbocycles. The Bertz CT molecular complexity index is 129. The summed E-state index contributed by atoms with van der Waals surface area (Å²) < 4.78 is 0. The number of rotatable bonds is 1. The quantitative estimate of drug-likeness (QED) is 0.745. The molecule has 1 nitrogen and oxygen atoms in total. The lowest BCUT2D eigenvalue weighted by Crippen LogP contribution is -1.93. The molecule has 0 aliphatic rings. The van der Waals surface area contributed by atoms with E-state index < -0.39 is 5.56 Å². The molecule has 0 spiro atoms. The van der Waals surface area contributed by atoms with E-state index in [0.717, 1.165) is 0 Å². The minimum Gasteiger partial charge on any atom is -0.377 e. The van der Waals surface area contributed by atoms with Crippen LogP contribution in [0.2, 0.25) is 0 Å². The van der Waals surface area contributed by atoms with Crippen molar-refractivity contribution in [1.82, 2.24) is 0 Å². The summed E-state index contributed by atoms with van der Waals surface area (Å²) >= 11 is 7.90. The van der Waals surface area contributed by atoms with E-state index in [9.17, 15) is 0 Å². The molecule has 3 heteroatoms. The van der Waals surface area contributed by atoms with Gasteiger partial charge in [0.05, 0.1) is 0 Å². The molecule has 62 valence electrons. The Labute approximate surface area is 80.1 Å². The third-order valence-corrected chi connectivity index (χ3v) is 1.93. The second-order valence-corrected chi connectivity index (χ2v) is 2.89. The molecule has 0 aromatic heterocycles. The van der Waals surface area contributed by atoms with Crippen LogP contribution in [0.4, 0.5) is 0 Å². The van der Waals surface area contributed by atoms with Crippen molar-refractivity contribution < 1.29 is 5.11 Å². The van der Waals surface area contributed by atoms with Crippen LogP contribution >= 0.6 is 27.5 Å². The van der Waals surface area contributed by atoms with Crippen molar-refractivity contribution in [1.29, 1.82) is 0 Å². The van der Waals surface area contributed by atoms with Crippen LogP contribution in [-0.4, -0.2) is 16.0 Å². The predicted octanol–water partition coefficient (Wildman–Crippen LogP) is 2.63. The molecular formula is C8H10BrClO. The van der Waals surface area contributed by atoms with Gasteiger partial charge in [-0.15, -0.1) is 0 Å². The van der Waals surface area contributed by atoms with Gasteiger partial charge in [-0.05, 0) is 0 Å². The summed E-state index contributed by atoms with van der Waals surface area (Å²) in [5.41, 5.74) is -0.727. The molecule has 0 aliphatic heterocycles. The SMILES string of the molecule is OC(Cl)CBr.c1ccccc1. The molecule has 0 fully saturated rings. The van der Waals surface area contributed by atoms with E-state index in [1.54, 1.807) is 0 Å². The zero-order valence-corrected chi connectivity index (χ0v) is 8.29. The lowest BCUT2D eigenvalue weighted by molar-refractivity contribution is 0.282. The van der Waals surface area contributed by atoms with Crippen molar-refractivity contribution in [2.75, 3.05) is 5.33 Å². The van der Waals surface area contributed by atoms with Crippen molar-refractivity contribution in [2.24, 2.45) is 0 Å². The van der Waals surface area contributed by atoms with Gasteiger partial charge >= 0.3 is 0 Å². The average molecular weight is 238 g/mol. The predicted molar refractivity (Wildman–Crippen MR) is 52.1 cm³/mol. The molecule has 0 bridgehead atoms. The van der Waals surface area contributed by atoms with Gasteiger partial charge in [0.1, 0.15) is 5.56 Å². The molecule has 1 atom stereocenters. The molecular weight excluding hydrogens is 227 g/mol. The zero-order chi connectivity index (χ0) is 8.53. The second-order valence-electron chi connectivity index (χ2n) is 1.74. The Morgan fingerprint density at radius 1 is 1.09 bits per heavy atom. The summed E-state index contributed by atoms with van der Waals surface area (Å²) in [6.45, 7) is 0. The first-order valence-corrected chi connectivity index (χ1v) is 4.71. The first-order chi connectivity index (χ1) is 5.27. The molecule has 0 amide bonds. The molecule has 0 aliphatic carbocycles. The van der Waals surface area contributed by atoms with Gasteiger partial charge in [0.2, 0.25) is 0 Å². The Morgan fingerprint density at radius 3 is 1.36 bits per heavy atom. The molecule has 1 unspecified atom stereocenters. The van der Waals surface area contributed by atoms with E-state index in [2.05, 4.69) is 15.9 Å². The van der Waals surface area contributed by atoms with Gasteiger partial charge in [0.25, 0.3) is 0 Å². The Kier molecular flexibility index (Phi) is 8.01. The fraction of sp³-hybridized carbons (Fsp3) is 0.250. The normalized spacial score (nSPS) is 11.2. The summed E-state index contributed by atoms with van der Waals surface area (Å²) in [7, 11) is 0. The van der Waals surface area contributed by atoms with Crippen molar-refractivity contribution in [2.45, 2.75) is 5.56 Å². The van der Waals surface area contributed by atoms with Gasteiger partial charge in [0, 0.05) is 5.33 Å². The van der Waals surface area contributed by atoms with Gasteiger partial charge in [0.15, 0.2) is 0 Å². The second kappa shape index (κ2) is 8.05. The zero-order valence-electron chi connectivity index (χ0n) is 5.95. The third-order valence-electron chi connectivity index (χ3n) is 0.794. The molecule has 1 aromatic carbocycles. The number of aliphatic hydroxyl groups is 1. The summed E-state index contributed by atoms with van der Waals surface area (Å²) in [6.07, 6.45) is 0. The Hall–Kier alpha value is -0.0500. The highest BCUT2D eigenvalue weighted by Gasteiger charge is 1.86. The van der Waals surface area contributed by atoms with E-state index >= 15 is 0 Å². The first-order valence-electron chi connectivity index (χ1n) is 3.15. The maximum absolute atomic E-state index is 8.08. The number of halogens is 2. The molecule has 0 radical (unpaired) electrons. The average Bonchev–Trinajstić information content (AvgIpc) is 2.09. The first kappa shape index (κ1) is 11.0. The highest BCUT2D eigenvalue weighted by atomic mass is 79.9.